The van der Waals surface area contributed by atoms with Crippen molar-refractivity contribution in [2.75, 3.05) is 13.6 Å². The highest BCUT2D eigenvalue weighted by Gasteiger charge is 2.55. The summed E-state index contributed by atoms with van der Waals surface area (Å²) in [5, 5.41) is 11.6. The molecular weight excluding hydrogens is 326 g/mol. The molecule has 25 heavy (non-hydrogen) atoms. The van der Waals surface area contributed by atoms with Gasteiger partial charge in [0.2, 0.25) is 5.91 Å². The van der Waals surface area contributed by atoms with Crippen molar-refractivity contribution in [2.24, 2.45) is 0 Å². The van der Waals surface area contributed by atoms with Gasteiger partial charge >= 0.3 is 12.0 Å². The minimum Gasteiger partial charge on any atom is -0.480 e. The molecule has 1 atom stereocenters. The number of unbranched alkanes of at least 4 members (excludes halogenated alkanes) is 1. The van der Waals surface area contributed by atoms with Gasteiger partial charge in [-0.15, -0.1) is 0 Å². The van der Waals surface area contributed by atoms with Crippen LogP contribution in [0.2, 0.25) is 0 Å². The van der Waals surface area contributed by atoms with Crippen molar-refractivity contribution in [3.63, 3.8) is 0 Å². The second-order valence-electron chi connectivity index (χ2n) is 6.93. The lowest BCUT2D eigenvalue weighted by molar-refractivity contribution is -0.142. The zero-order valence-corrected chi connectivity index (χ0v) is 14.9. The number of likely N-dealkylation sites (N-methyl/N-ethyl adjacent to an activating group) is 1. The van der Waals surface area contributed by atoms with Crippen LogP contribution in [0.3, 0.4) is 0 Å². The van der Waals surface area contributed by atoms with Gasteiger partial charge in [-0.1, -0.05) is 39.0 Å². The molecule has 2 rings (SSSR count). The molecule has 0 bridgehead atoms. The number of imide groups is 1. The van der Waals surface area contributed by atoms with Gasteiger partial charge in [-0.05, 0) is 19.3 Å². The molecule has 0 aromatic heterocycles. The number of nitrogens with zero attached hydrogens (tertiary/aromatic N) is 2. The maximum atomic E-state index is 12.8. The first-order valence-electron chi connectivity index (χ1n) is 8.95. The van der Waals surface area contributed by atoms with Gasteiger partial charge in [0.15, 0.2) is 0 Å². The lowest BCUT2D eigenvalue weighted by Gasteiger charge is -2.35. The average Bonchev–Trinajstić information content (AvgIpc) is 2.75. The normalized spacial score (nSPS) is 20.9. The van der Waals surface area contributed by atoms with Crippen molar-refractivity contribution in [2.45, 2.75) is 69.9 Å². The van der Waals surface area contributed by atoms with Crippen LogP contribution in [0.4, 0.5) is 4.79 Å². The van der Waals surface area contributed by atoms with Gasteiger partial charge in [0, 0.05) is 7.05 Å². The van der Waals surface area contributed by atoms with Gasteiger partial charge in [0.1, 0.15) is 18.1 Å². The van der Waals surface area contributed by atoms with Crippen molar-refractivity contribution in [3.05, 3.63) is 0 Å². The smallest absolute Gasteiger partial charge is 0.327 e. The number of amides is 4. The van der Waals surface area contributed by atoms with E-state index in [4.69, 9.17) is 0 Å². The van der Waals surface area contributed by atoms with Gasteiger partial charge in [0.25, 0.3) is 5.91 Å². The molecule has 2 fully saturated rings. The van der Waals surface area contributed by atoms with Gasteiger partial charge < -0.3 is 15.3 Å². The van der Waals surface area contributed by atoms with Crippen LogP contribution in [0.1, 0.15) is 58.3 Å². The molecule has 0 aromatic rings. The molecular formula is C17H27N3O5. The molecule has 2 N–H and O–H groups in total. The fourth-order valence-electron chi connectivity index (χ4n) is 3.72. The van der Waals surface area contributed by atoms with Gasteiger partial charge in [-0.2, -0.15) is 0 Å². The van der Waals surface area contributed by atoms with Crippen LogP contribution >= 0.6 is 0 Å². The zero-order chi connectivity index (χ0) is 18.6. The highest BCUT2D eigenvalue weighted by atomic mass is 16.4. The van der Waals surface area contributed by atoms with E-state index in [1.54, 1.807) is 7.05 Å². The van der Waals surface area contributed by atoms with Gasteiger partial charge in [-0.3, -0.25) is 14.5 Å². The van der Waals surface area contributed by atoms with E-state index in [9.17, 15) is 24.3 Å². The number of carboxylic acids is 1. The molecule has 1 saturated carbocycles. The SMILES string of the molecule is CCCCC(NC(=O)CN1C(=O)N(C)C2(CCCCC2)C1=O)C(=O)O. The first kappa shape index (κ1) is 19.2. The van der Waals surface area contributed by atoms with Crippen molar-refractivity contribution in [3.8, 4) is 0 Å². The molecule has 8 heteroatoms. The molecule has 8 nitrogen and oxygen atoms in total. The van der Waals surface area contributed by atoms with E-state index >= 15 is 0 Å². The van der Waals surface area contributed by atoms with E-state index in [0.717, 1.165) is 30.6 Å². The second-order valence-corrected chi connectivity index (χ2v) is 6.93. The quantitative estimate of drug-likeness (QED) is 0.672. The van der Waals surface area contributed by atoms with E-state index in [1.807, 2.05) is 6.92 Å². The van der Waals surface area contributed by atoms with Crippen LogP contribution in [0.5, 0.6) is 0 Å². The first-order valence-corrected chi connectivity index (χ1v) is 8.95. The Morgan fingerprint density at radius 3 is 2.44 bits per heavy atom. The lowest BCUT2D eigenvalue weighted by Crippen LogP contribution is -2.50. The number of hydrogen-bond donors (Lipinski definition) is 2. The predicted octanol–water partition coefficient (Wildman–Crippen LogP) is 1.34. The summed E-state index contributed by atoms with van der Waals surface area (Å²) >= 11 is 0. The fourth-order valence-corrected chi connectivity index (χ4v) is 3.72. The fraction of sp³-hybridized carbons (Fsp3) is 0.765. The Morgan fingerprint density at radius 2 is 1.88 bits per heavy atom. The van der Waals surface area contributed by atoms with Gasteiger partial charge in [0.05, 0.1) is 0 Å². The van der Waals surface area contributed by atoms with Crippen LogP contribution in [0, 0.1) is 0 Å². The number of hydrogen-bond acceptors (Lipinski definition) is 4. The summed E-state index contributed by atoms with van der Waals surface area (Å²) in [5.74, 6) is -2.07. The Labute approximate surface area is 147 Å². The molecule has 1 aliphatic heterocycles. The summed E-state index contributed by atoms with van der Waals surface area (Å²) in [6.45, 7) is 1.50. The maximum Gasteiger partial charge on any atom is 0.327 e. The number of aliphatic carboxylic acids is 1. The highest BCUT2D eigenvalue weighted by Crippen LogP contribution is 2.39. The lowest BCUT2D eigenvalue weighted by atomic mass is 9.81. The number of carbonyl (C=O) groups excluding carboxylic acids is 3. The van der Waals surface area contributed by atoms with Crippen LogP contribution in [0.15, 0.2) is 0 Å². The van der Waals surface area contributed by atoms with E-state index in [0.29, 0.717) is 25.7 Å². The average molecular weight is 353 g/mol. The Balaban J connectivity index is 2.03. The topological polar surface area (TPSA) is 107 Å². The summed E-state index contributed by atoms with van der Waals surface area (Å²) in [5.41, 5.74) is -0.829. The molecule has 1 heterocycles. The second kappa shape index (κ2) is 7.84. The molecule has 4 amide bonds. The Bertz CT molecular complexity index is 556. The molecule has 1 saturated heterocycles. The number of urea groups is 1. The summed E-state index contributed by atoms with van der Waals surface area (Å²) in [6, 6.07) is -1.48. The number of nitrogens with one attached hydrogen (secondary N) is 1. The molecule has 2 aliphatic rings. The van der Waals surface area contributed by atoms with Crippen molar-refractivity contribution in [1.82, 2.24) is 15.1 Å². The van der Waals surface area contributed by atoms with E-state index in [1.165, 1.54) is 4.90 Å². The zero-order valence-electron chi connectivity index (χ0n) is 14.9. The third-order valence-electron chi connectivity index (χ3n) is 5.27. The van der Waals surface area contributed by atoms with Gasteiger partial charge in [-0.25, -0.2) is 9.59 Å². The minimum absolute atomic E-state index is 0.323. The monoisotopic (exact) mass is 353 g/mol. The van der Waals surface area contributed by atoms with Crippen LogP contribution < -0.4 is 5.32 Å². The molecule has 1 spiro atoms. The summed E-state index contributed by atoms with van der Waals surface area (Å²) < 4.78 is 0. The van der Waals surface area contributed by atoms with E-state index in [-0.39, 0.29) is 5.91 Å². The summed E-state index contributed by atoms with van der Waals surface area (Å²) in [6.07, 6.45) is 5.82. The highest BCUT2D eigenvalue weighted by molar-refractivity contribution is 6.09. The third-order valence-corrected chi connectivity index (χ3v) is 5.27. The molecule has 0 aromatic carbocycles. The van der Waals surface area contributed by atoms with Crippen molar-refractivity contribution < 1.29 is 24.3 Å². The number of carbonyl (C=O) groups is 4. The molecule has 1 aliphatic carbocycles. The van der Waals surface area contributed by atoms with E-state index in [2.05, 4.69) is 5.32 Å². The predicted molar refractivity (Wildman–Crippen MR) is 89.8 cm³/mol. The van der Waals surface area contributed by atoms with Crippen LogP contribution in [0.25, 0.3) is 0 Å². The number of carboxylic acid groups (broad SMARTS) is 1. The summed E-state index contributed by atoms with van der Waals surface area (Å²) in [4.78, 5) is 51.1. The minimum atomic E-state index is -1.11. The standard InChI is InChI=1S/C17H27N3O5/c1-3-4-8-12(14(22)23)18-13(21)11-20-15(24)17(19(2)16(20)25)9-6-5-7-10-17/h12H,3-11H2,1-2H3,(H,18,21)(H,22,23). The summed E-state index contributed by atoms with van der Waals surface area (Å²) in [7, 11) is 1.60. The number of rotatable bonds is 7. The molecule has 140 valence electrons. The van der Waals surface area contributed by atoms with Crippen LogP contribution in [-0.2, 0) is 14.4 Å². The first-order chi connectivity index (χ1) is 11.8. The Kier molecular flexibility index (Phi) is 6.02. The van der Waals surface area contributed by atoms with Crippen molar-refractivity contribution >= 4 is 23.8 Å². The van der Waals surface area contributed by atoms with E-state index < -0.39 is 36.0 Å². The van der Waals surface area contributed by atoms with Crippen LogP contribution in [-0.4, -0.2) is 63.9 Å². The Hall–Kier alpha value is -2.12. The Morgan fingerprint density at radius 1 is 1.24 bits per heavy atom. The molecule has 1 unspecified atom stereocenters. The maximum absolute atomic E-state index is 12.8. The third kappa shape index (κ3) is 3.77. The molecule has 0 radical (unpaired) electrons. The largest absolute Gasteiger partial charge is 0.480 e. The van der Waals surface area contributed by atoms with Crippen molar-refractivity contribution in [1.29, 1.82) is 0 Å².